The molecule has 11 heteroatoms. The summed E-state index contributed by atoms with van der Waals surface area (Å²) in [5, 5.41) is 13.7. The number of halogens is 2. The van der Waals surface area contributed by atoms with Crippen LogP contribution in [0.5, 0.6) is 5.75 Å². The number of amides is 2. The Morgan fingerprint density at radius 1 is 1.26 bits per heavy atom. The van der Waals surface area contributed by atoms with Gasteiger partial charge >= 0.3 is 0 Å². The van der Waals surface area contributed by atoms with Gasteiger partial charge in [-0.3, -0.25) is 19.5 Å². The first-order valence-electron chi connectivity index (χ1n) is 12.6. The second-order valence-electron chi connectivity index (χ2n) is 9.79. The van der Waals surface area contributed by atoms with E-state index in [9.17, 15) is 14.7 Å². The van der Waals surface area contributed by atoms with Crippen molar-refractivity contribution in [2.75, 3.05) is 32.1 Å². The van der Waals surface area contributed by atoms with Gasteiger partial charge in [0.1, 0.15) is 11.8 Å². The van der Waals surface area contributed by atoms with Crippen LogP contribution in [-0.4, -0.2) is 75.6 Å². The molecule has 0 saturated carbocycles. The Labute approximate surface area is 237 Å². The van der Waals surface area contributed by atoms with Crippen molar-refractivity contribution in [3.63, 3.8) is 0 Å². The molecule has 206 valence electrons. The number of rotatable bonds is 8. The van der Waals surface area contributed by atoms with Gasteiger partial charge in [0, 0.05) is 37.9 Å². The molecule has 0 spiro atoms. The number of aromatic nitrogens is 2. The number of nitrogens with one attached hydrogen (secondary N) is 1. The first kappa shape index (κ1) is 28.8. The Kier molecular flexibility index (Phi) is 9.40. The maximum atomic E-state index is 13.6. The quantitative estimate of drug-likeness (QED) is 0.412. The summed E-state index contributed by atoms with van der Waals surface area (Å²) in [6, 6.07) is 10.2. The molecule has 0 bridgehead atoms. The van der Waals surface area contributed by atoms with Crippen molar-refractivity contribution in [3.8, 4) is 5.75 Å². The van der Waals surface area contributed by atoms with Gasteiger partial charge in [-0.2, -0.15) is 0 Å². The molecule has 9 nitrogen and oxygen atoms in total. The van der Waals surface area contributed by atoms with Gasteiger partial charge < -0.3 is 20.1 Å². The largest absolute Gasteiger partial charge is 0.486 e. The molecule has 2 amide bonds. The predicted molar refractivity (Wildman–Crippen MR) is 150 cm³/mol. The second-order valence-corrected chi connectivity index (χ2v) is 10.6. The van der Waals surface area contributed by atoms with Gasteiger partial charge in [-0.05, 0) is 43.8 Å². The van der Waals surface area contributed by atoms with E-state index >= 15 is 0 Å². The summed E-state index contributed by atoms with van der Waals surface area (Å²) in [6.07, 6.45) is 3.92. The predicted octanol–water partition coefficient (Wildman–Crippen LogP) is 4.39. The normalized spacial score (nSPS) is 18.1. The Balaban J connectivity index is 1.66. The van der Waals surface area contributed by atoms with Crippen LogP contribution in [0.1, 0.15) is 40.3 Å². The highest BCUT2D eigenvalue weighted by Crippen LogP contribution is 2.35. The number of aliphatic hydroxyl groups is 1. The van der Waals surface area contributed by atoms with Gasteiger partial charge in [-0.25, -0.2) is 4.98 Å². The van der Waals surface area contributed by atoms with E-state index in [-0.39, 0.29) is 36.0 Å². The number of hydrogen-bond acceptors (Lipinski definition) is 7. The topological polar surface area (TPSA) is 108 Å². The number of anilines is 1. The summed E-state index contributed by atoms with van der Waals surface area (Å²) in [7, 11) is 1.97. The van der Waals surface area contributed by atoms with Crippen LogP contribution < -0.4 is 10.1 Å². The number of carbonyl (C=O) groups excluding carboxylic acids is 2. The fourth-order valence-electron chi connectivity index (χ4n) is 4.48. The Morgan fingerprint density at radius 2 is 2.05 bits per heavy atom. The molecule has 0 fully saturated rings. The molecule has 0 unspecified atom stereocenters. The first-order valence-corrected chi connectivity index (χ1v) is 13.3. The standard InChI is InChI=1S/C28H31Cl2N5O4/c1-17-13-35(18(2)16-36)28(38)20-5-4-6-23(33-27(37)24-12-31-9-10-32-24)26(20)39-25(17)15-34(3)14-19-7-8-21(29)22(30)11-19/h4-12,17-18,25,36H,13-16H2,1-3H3,(H,33,37)/t17-,18+,25-/m0/s1. The van der Waals surface area contributed by atoms with Crippen LogP contribution in [-0.2, 0) is 6.54 Å². The molecule has 1 aromatic heterocycles. The fraction of sp³-hybridized carbons (Fsp3) is 0.357. The minimum absolute atomic E-state index is 0.101. The number of likely N-dealkylation sites (N-methyl/N-ethyl adjacent to an activating group) is 1. The molecule has 0 saturated heterocycles. The third-order valence-electron chi connectivity index (χ3n) is 6.66. The summed E-state index contributed by atoms with van der Waals surface area (Å²) in [5.41, 5.74) is 1.78. The van der Waals surface area contributed by atoms with Gasteiger partial charge in [0.25, 0.3) is 11.8 Å². The van der Waals surface area contributed by atoms with Crippen molar-refractivity contribution in [1.82, 2.24) is 19.8 Å². The van der Waals surface area contributed by atoms with E-state index in [1.165, 1.54) is 18.6 Å². The number of hydrogen-bond donors (Lipinski definition) is 2. The maximum Gasteiger partial charge on any atom is 0.275 e. The monoisotopic (exact) mass is 571 g/mol. The van der Waals surface area contributed by atoms with E-state index in [0.717, 1.165) is 5.56 Å². The molecule has 2 heterocycles. The van der Waals surface area contributed by atoms with Crippen LogP contribution in [0.4, 0.5) is 5.69 Å². The molecule has 39 heavy (non-hydrogen) atoms. The Bertz CT molecular complexity index is 1330. The summed E-state index contributed by atoms with van der Waals surface area (Å²) in [4.78, 5) is 38.3. The number of ether oxygens (including phenoxy) is 1. The molecule has 0 aliphatic carbocycles. The van der Waals surface area contributed by atoms with E-state index in [0.29, 0.717) is 40.9 Å². The maximum absolute atomic E-state index is 13.6. The summed E-state index contributed by atoms with van der Waals surface area (Å²) < 4.78 is 6.55. The number of para-hydroxylation sites is 1. The molecule has 2 N–H and O–H groups in total. The molecule has 3 aromatic rings. The van der Waals surface area contributed by atoms with E-state index in [1.54, 1.807) is 36.1 Å². The molecular weight excluding hydrogens is 541 g/mol. The smallest absolute Gasteiger partial charge is 0.275 e. The van der Waals surface area contributed by atoms with Gasteiger partial charge in [-0.1, -0.05) is 42.3 Å². The van der Waals surface area contributed by atoms with Crippen molar-refractivity contribution in [3.05, 3.63) is 81.9 Å². The van der Waals surface area contributed by atoms with Gasteiger partial charge in [0.15, 0.2) is 5.75 Å². The highest BCUT2D eigenvalue weighted by Gasteiger charge is 2.34. The van der Waals surface area contributed by atoms with Crippen molar-refractivity contribution in [2.45, 2.75) is 32.5 Å². The van der Waals surface area contributed by atoms with Gasteiger partial charge in [0.05, 0.1) is 40.1 Å². The molecule has 4 rings (SSSR count). The van der Waals surface area contributed by atoms with Crippen LogP contribution in [0.3, 0.4) is 0 Å². The van der Waals surface area contributed by atoms with Crippen molar-refractivity contribution < 1.29 is 19.4 Å². The molecular formula is C28H31Cl2N5O4. The summed E-state index contributed by atoms with van der Waals surface area (Å²) in [6.45, 7) is 5.13. The molecule has 2 aromatic carbocycles. The van der Waals surface area contributed by atoms with Crippen molar-refractivity contribution >= 4 is 40.7 Å². The lowest BCUT2D eigenvalue weighted by Crippen LogP contribution is -2.49. The summed E-state index contributed by atoms with van der Waals surface area (Å²) >= 11 is 12.3. The number of nitrogens with zero attached hydrogens (tertiary/aromatic N) is 4. The van der Waals surface area contributed by atoms with E-state index in [1.807, 2.05) is 26.1 Å². The molecule has 1 aliphatic heterocycles. The minimum atomic E-state index is -0.475. The van der Waals surface area contributed by atoms with Crippen LogP contribution in [0.2, 0.25) is 10.0 Å². The van der Waals surface area contributed by atoms with E-state index in [4.69, 9.17) is 27.9 Å². The summed E-state index contributed by atoms with van der Waals surface area (Å²) in [5.74, 6) is -0.585. The number of fused-ring (bicyclic) bond motifs is 1. The van der Waals surface area contributed by atoms with Crippen LogP contribution in [0, 0.1) is 5.92 Å². The van der Waals surface area contributed by atoms with E-state index in [2.05, 4.69) is 20.2 Å². The van der Waals surface area contributed by atoms with Gasteiger partial charge in [-0.15, -0.1) is 0 Å². The van der Waals surface area contributed by atoms with Crippen LogP contribution in [0.15, 0.2) is 55.0 Å². The van der Waals surface area contributed by atoms with Gasteiger partial charge in [0.2, 0.25) is 0 Å². The molecule has 0 radical (unpaired) electrons. The van der Waals surface area contributed by atoms with E-state index < -0.39 is 11.9 Å². The zero-order valence-electron chi connectivity index (χ0n) is 22.0. The second kappa shape index (κ2) is 12.7. The molecule has 1 aliphatic rings. The van der Waals surface area contributed by atoms with Crippen molar-refractivity contribution in [1.29, 1.82) is 0 Å². The number of carbonyl (C=O) groups is 2. The third kappa shape index (κ3) is 6.86. The first-order chi connectivity index (χ1) is 18.7. The van der Waals surface area contributed by atoms with Crippen LogP contribution >= 0.6 is 23.2 Å². The lowest BCUT2D eigenvalue weighted by molar-refractivity contribution is 0.0343. The fourth-order valence-corrected chi connectivity index (χ4v) is 4.80. The van der Waals surface area contributed by atoms with Crippen molar-refractivity contribution in [2.24, 2.45) is 5.92 Å². The highest BCUT2D eigenvalue weighted by molar-refractivity contribution is 6.42. The Hall–Kier alpha value is -3.24. The lowest BCUT2D eigenvalue weighted by Gasteiger charge is -2.38. The highest BCUT2D eigenvalue weighted by atomic mass is 35.5. The zero-order valence-corrected chi connectivity index (χ0v) is 23.5. The SMILES string of the molecule is C[C@H](CO)N1C[C@H](C)[C@H](CN(C)Cc2ccc(Cl)c(Cl)c2)Oc2c(NC(=O)c3cnccn3)cccc2C1=O. The zero-order chi connectivity index (χ0) is 28.1. The van der Waals surface area contributed by atoms with Crippen LogP contribution in [0.25, 0.3) is 0 Å². The Morgan fingerprint density at radius 3 is 2.74 bits per heavy atom. The number of aliphatic hydroxyl groups excluding tert-OH is 1. The minimum Gasteiger partial charge on any atom is -0.486 e. The lowest BCUT2D eigenvalue weighted by atomic mass is 9.98. The third-order valence-corrected chi connectivity index (χ3v) is 7.40. The number of benzene rings is 2. The molecule has 3 atom stereocenters. The average Bonchev–Trinajstić information content (AvgIpc) is 2.93. The average molecular weight is 572 g/mol.